The van der Waals surface area contributed by atoms with Crippen LogP contribution in [0.3, 0.4) is 0 Å². The van der Waals surface area contributed by atoms with E-state index in [1.807, 2.05) is 35.7 Å². The van der Waals surface area contributed by atoms with Gasteiger partial charge in [-0.2, -0.15) is 0 Å². The molecule has 0 atom stereocenters. The summed E-state index contributed by atoms with van der Waals surface area (Å²) >= 11 is 1.58. The lowest BCUT2D eigenvalue weighted by Gasteiger charge is -2.14. The van der Waals surface area contributed by atoms with Crippen LogP contribution in [0.1, 0.15) is 16.0 Å². The van der Waals surface area contributed by atoms with Crippen molar-refractivity contribution in [2.75, 3.05) is 34.4 Å². The number of amidine groups is 1. The smallest absolute Gasteiger partial charge is 0.200 e. The van der Waals surface area contributed by atoms with Gasteiger partial charge in [0.05, 0.1) is 24.8 Å². The van der Waals surface area contributed by atoms with Gasteiger partial charge in [-0.1, -0.05) is 30.4 Å². The first-order valence-corrected chi connectivity index (χ1v) is 11.1. The summed E-state index contributed by atoms with van der Waals surface area (Å²) in [6.45, 7) is 1.72. The molecule has 3 aromatic rings. The van der Waals surface area contributed by atoms with Crippen LogP contribution in [0.4, 0.5) is 5.69 Å². The highest BCUT2D eigenvalue weighted by Gasteiger charge is 2.09. The predicted molar refractivity (Wildman–Crippen MR) is 133 cm³/mol. The molecule has 0 aliphatic heterocycles. The van der Waals surface area contributed by atoms with Gasteiger partial charge in [0.15, 0.2) is 11.5 Å². The van der Waals surface area contributed by atoms with Crippen molar-refractivity contribution in [2.45, 2.75) is 6.42 Å². The monoisotopic (exact) mass is 451 g/mol. The van der Waals surface area contributed by atoms with Gasteiger partial charge < -0.3 is 25.2 Å². The molecule has 0 aliphatic rings. The second kappa shape index (κ2) is 11.4. The Bertz CT molecular complexity index is 1040. The summed E-state index contributed by atoms with van der Waals surface area (Å²) in [7, 11) is 5.13. The molecule has 0 spiro atoms. The van der Waals surface area contributed by atoms with Crippen LogP contribution in [0.25, 0.3) is 6.08 Å². The molecule has 0 saturated heterocycles. The number of hydrogen-bond acceptors (Lipinski definition) is 6. The molecule has 3 rings (SSSR count). The SMILES string of the molecule is COc1cc(/C=C/CN(C)CCc2ccc(N=C(N)c3cccs3)cc2)cc(OC)c1O. The summed E-state index contributed by atoms with van der Waals surface area (Å²) in [5, 5.41) is 12.0. The molecule has 0 bridgehead atoms. The molecular weight excluding hydrogens is 422 g/mol. The Labute approximate surface area is 193 Å². The molecule has 0 amide bonds. The summed E-state index contributed by atoms with van der Waals surface area (Å²) < 4.78 is 10.4. The van der Waals surface area contributed by atoms with Gasteiger partial charge in [-0.3, -0.25) is 0 Å². The highest BCUT2D eigenvalue weighted by atomic mass is 32.1. The zero-order valence-corrected chi connectivity index (χ0v) is 19.4. The minimum Gasteiger partial charge on any atom is -0.502 e. The van der Waals surface area contributed by atoms with Gasteiger partial charge >= 0.3 is 0 Å². The van der Waals surface area contributed by atoms with Gasteiger partial charge in [0, 0.05) is 13.1 Å². The van der Waals surface area contributed by atoms with Crippen LogP contribution in [0.2, 0.25) is 0 Å². The molecule has 0 radical (unpaired) electrons. The quantitative estimate of drug-likeness (QED) is 0.345. The number of rotatable bonds is 10. The molecule has 7 heteroatoms. The largest absolute Gasteiger partial charge is 0.502 e. The van der Waals surface area contributed by atoms with Crippen molar-refractivity contribution in [1.82, 2.24) is 4.90 Å². The summed E-state index contributed by atoms with van der Waals surface area (Å²) in [5.74, 6) is 1.34. The lowest BCUT2D eigenvalue weighted by molar-refractivity contribution is 0.340. The molecule has 0 fully saturated rings. The van der Waals surface area contributed by atoms with Crippen molar-refractivity contribution in [3.8, 4) is 17.2 Å². The second-order valence-electron chi connectivity index (χ2n) is 7.33. The zero-order valence-electron chi connectivity index (χ0n) is 18.6. The number of aromatic hydroxyl groups is 1. The Kier molecular flexibility index (Phi) is 8.30. The Balaban J connectivity index is 1.51. The molecule has 1 heterocycles. The van der Waals surface area contributed by atoms with E-state index in [1.54, 1.807) is 23.5 Å². The van der Waals surface area contributed by atoms with Gasteiger partial charge in [0.2, 0.25) is 5.75 Å². The third kappa shape index (κ3) is 6.35. The summed E-state index contributed by atoms with van der Waals surface area (Å²) in [6.07, 6.45) is 5.01. The van der Waals surface area contributed by atoms with Crippen LogP contribution < -0.4 is 15.2 Å². The fourth-order valence-corrected chi connectivity index (χ4v) is 3.77. The van der Waals surface area contributed by atoms with Crippen LogP contribution in [0.5, 0.6) is 17.2 Å². The van der Waals surface area contributed by atoms with Crippen LogP contribution in [0, 0.1) is 0 Å². The Morgan fingerprint density at radius 3 is 2.41 bits per heavy atom. The first-order chi connectivity index (χ1) is 15.5. The summed E-state index contributed by atoms with van der Waals surface area (Å²) in [4.78, 5) is 7.71. The fraction of sp³-hybridized carbons (Fsp3) is 0.240. The second-order valence-corrected chi connectivity index (χ2v) is 8.28. The topological polar surface area (TPSA) is 80.3 Å². The lowest BCUT2D eigenvalue weighted by atomic mass is 10.1. The van der Waals surface area contributed by atoms with Crippen molar-refractivity contribution < 1.29 is 14.6 Å². The number of methoxy groups -OCH3 is 2. The zero-order chi connectivity index (χ0) is 22.9. The summed E-state index contributed by atoms with van der Waals surface area (Å²) in [5.41, 5.74) is 9.07. The number of nitrogens with two attached hydrogens (primary N) is 1. The van der Waals surface area contributed by atoms with Crippen LogP contribution >= 0.6 is 11.3 Å². The molecule has 32 heavy (non-hydrogen) atoms. The maximum Gasteiger partial charge on any atom is 0.200 e. The van der Waals surface area contributed by atoms with E-state index in [0.29, 0.717) is 17.3 Å². The maximum absolute atomic E-state index is 10.0. The third-order valence-electron chi connectivity index (χ3n) is 4.97. The number of likely N-dealkylation sites (N-methyl/N-ethyl adjacent to an activating group) is 1. The number of aliphatic imine (C=N–C) groups is 1. The van der Waals surface area contributed by atoms with Crippen molar-refractivity contribution >= 4 is 28.9 Å². The average Bonchev–Trinajstić information content (AvgIpc) is 3.34. The lowest BCUT2D eigenvalue weighted by Crippen LogP contribution is -2.21. The van der Waals surface area contributed by atoms with Crippen LogP contribution in [0.15, 0.2) is 65.0 Å². The average molecular weight is 452 g/mol. The molecule has 3 N–H and O–H groups in total. The number of phenolic OH excluding ortho intramolecular Hbond substituents is 1. The first kappa shape index (κ1) is 23.4. The van der Waals surface area contributed by atoms with Crippen molar-refractivity contribution in [1.29, 1.82) is 0 Å². The fourth-order valence-electron chi connectivity index (χ4n) is 3.15. The molecule has 0 aliphatic carbocycles. The van der Waals surface area contributed by atoms with Gasteiger partial charge in [0.1, 0.15) is 5.84 Å². The summed E-state index contributed by atoms with van der Waals surface area (Å²) in [6, 6.07) is 15.7. The normalized spacial score (nSPS) is 11.9. The van der Waals surface area contributed by atoms with E-state index in [9.17, 15) is 5.11 Å². The number of ether oxygens (including phenoxy) is 2. The number of benzene rings is 2. The molecule has 0 unspecified atom stereocenters. The van der Waals surface area contributed by atoms with Crippen LogP contribution in [-0.2, 0) is 6.42 Å². The minimum atomic E-state index is 0.00943. The molecule has 168 valence electrons. The van der Waals surface area contributed by atoms with E-state index >= 15 is 0 Å². The number of thiophene rings is 1. The van der Waals surface area contributed by atoms with Gasteiger partial charge in [-0.25, -0.2) is 4.99 Å². The Hall–Kier alpha value is -3.29. The molecule has 2 aromatic carbocycles. The predicted octanol–water partition coefficient (Wildman–Crippen LogP) is 4.70. The first-order valence-electron chi connectivity index (χ1n) is 10.3. The van der Waals surface area contributed by atoms with Crippen molar-refractivity contribution in [2.24, 2.45) is 10.7 Å². The van der Waals surface area contributed by atoms with E-state index in [0.717, 1.165) is 35.6 Å². The number of nitrogens with zero attached hydrogens (tertiary/aromatic N) is 2. The Morgan fingerprint density at radius 2 is 1.81 bits per heavy atom. The minimum absolute atomic E-state index is 0.00943. The van der Waals surface area contributed by atoms with Crippen LogP contribution in [-0.4, -0.2) is 50.2 Å². The maximum atomic E-state index is 10.0. The van der Waals surface area contributed by atoms with Crippen molar-refractivity contribution in [3.63, 3.8) is 0 Å². The van der Waals surface area contributed by atoms with E-state index in [4.69, 9.17) is 15.2 Å². The van der Waals surface area contributed by atoms with Gasteiger partial charge in [-0.15, -0.1) is 11.3 Å². The van der Waals surface area contributed by atoms with Gasteiger partial charge in [0.25, 0.3) is 0 Å². The highest BCUT2D eigenvalue weighted by Crippen LogP contribution is 2.37. The standard InChI is InChI=1S/C25H29N3O3S/c1-28(13-4-6-19-16-21(30-2)24(29)22(17-19)31-3)14-12-18-8-10-20(11-9-18)27-25(26)23-7-5-15-32-23/h4-11,15-17,29H,12-14H2,1-3H3,(H2,26,27)/b6-4+. The van der Waals surface area contributed by atoms with E-state index in [1.165, 1.54) is 19.8 Å². The van der Waals surface area contributed by atoms with Gasteiger partial charge in [-0.05, 0) is 60.3 Å². The molecule has 1 aromatic heterocycles. The van der Waals surface area contributed by atoms with E-state index in [-0.39, 0.29) is 5.75 Å². The van der Waals surface area contributed by atoms with E-state index in [2.05, 4.69) is 35.1 Å². The molecular formula is C25H29N3O3S. The number of hydrogen-bond donors (Lipinski definition) is 2. The highest BCUT2D eigenvalue weighted by molar-refractivity contribution is 7.12. The molecule has 0 saturated carbocycles. The van der Waals surface area contributed by atoms with E-state index < -0.39 is 0 Å². The van der Waals surface area contributed by atoms with Crippen molar-refractivity contribution in [3.05, 3.63) is 76.0 Å². The molecule has 6 nitrogen and oxygen atoms in total. The third-order valence-corrected chi connectivity index (χ3v) is 5.86. The Morgan fingerprint density at radius 1 is 1.12 bits per heavy atom. The number of phenols is 1.